The minimum absolute atomic E-state index is 0.231. The predicted molar refractivity (Wildman–Crippen MR) is 50.8 cm³/mol. The third kappa shape index (κ3) is 1.79. The monoisotopic (exact) mass is 248 g/mol. The van der Waals surface area contributed by atoms with Gasteiger partial charge in [-0.05, 0) is 24.6 Å². The Morgan fingerprint density at radius 2 is 2.17 bits per heavy atom. The first kappa shape index (κ1) is 9.55. The fourth-order valence-corrected chi connectivity index (χ4v) is 1.68. The molecule has 0 saturated carbocycles. The summed E-state index contributed by atoms with van der Waals surface area (Å²) in [4.78, 5) is 10.6. The van der Waals surface area contributed by atoms with Crippen LogP contribution in [0.25, 0.3) is 0 Å². The molecular formula is C8H6BrClO2. The van der Waals surface area contributed by atoms with Crippen molar-refractivity contribution in [3.63, 3.8) is 0 Å². The topological polar surface area (TPSA) is 37.3 Å². The van der Waals surface area contributed by atoms with Crippen LogP contribution in [-0.4, -0.2) is 11.1 Å². The summed E-state index contributed by atoms with van der Waals surface area (Å²) < 4.78 is 0.715. The maximum absolute atomic E-state index is 10.6. The van der Waals surface area contributed by atoms with Crippen LogP contribution in [0.3, 0.4) is 0 Å². The first-order chi connectivity index (χ1) is 5.52. The Morgan fingerprint density at radius 1 is 1.58 bits per heavy atom. The highest BCUT2D eigenvalue weighted by Crippen LogP contribution is 2.24. The van der Waals surface area contributed by atoms with Gasteiger partial charge in [0, 0.05) is 9.50 Å². The van der Waals surface area contributed by atoms with Gasteiger partial charge in [-0.3, -0.25) is 0 Å². The molecule has 0 amide bonds. The largest absolute Gasteiger partial charge is 0.478 e. The van der Waals surface area contributed by atoms with E-state index in [1.165, 1.54) is 6.07 Å². The maximum atomic E-state index is 10.6. The van der Waals surface area contributed by atoms with E-state index in [-0.39, 0.29) is 5.56 Å². The SMILES string of the molecule is Cc1c(Br)cc(Cl)cc1C(=O)O. The summed E-state index contributed by atoms with van der Waals surface area (Å²) in [5.41, 5.74) is 0.918. The van der Waals surface area contributed by atoms with Gasteiger partial charge in [0.1, 0.15) is 0 Å². The third-order valence-corrected chi connectivity index (χ3v) is 2.58. The smallest absolute Gasteiger partial charge is 0.336 e. The van der Waals surface area contributed by atoms with Gasteiger partial charge in [0.05, 0.1) is 5.56 Å². The Kier molecular flexibility index (Phi) is 2.75. The molecule has 0 aromatic heterocycles. The molecule has 0 heterocycles. The molecule has 0 radical (unpaired) electrons. The van der Waals surface area contributed by atoms with Gasteiger partial charge in [0.2, 0.25) is 0 Å². The standard InChI is InChI=1S/C8H6BrClO2/c1-4-6(8(11)12)2-5(10)3-7(4)9/h2-3H,1H3,(H,11,12). The molecule has 2 nitrogen and oxygen atoms in total. The quantitative estimate of drug-likeness (QED) is 0.830. The minimum atomic E-state index is -0.962. The molecule has 1 rings (SSSR count). The van der Waals surface area contributed by atoms with Crippen molar-refractivity contribution in [3.05, 3.63) is 32.8 Å². The van der Waals surface area contributed by atoms with Gasteiger partial charge in [0.15, 0.2) is 0 Å². The van der Waals surface area contributed by atoms with Crippen LogP contribution in [0.2, 0.25) is 5.02 Å². The lowest BCUT2D eigenvalue weighted by Gasteiger charge is -2.03. The van der Waals surface area contributed by atoms with E-state index in [1.807, 2.05) is 0 Å². The minimum Gasteiger partial charge on any atom is -0.478 e. The van der Waals surface area contributed by atoms with Gasteiger partial charge in [-0.1, -0.05) is 27.5 Å². The second kappa shape index (κ2) is 3.46. The van der Waals surface area contributed by atoms with Gasteiger partial charge in [-0.25, -0.2) is 4.79 Å². The Morgan fingerprint density at radius 3 is 2.67 bits per heavy atom. The van der Waals surface area contributed by atoms with Crippen LogP contribution in [-0.2, 0) is 0 Å². The van der Waals surface area contributed by atoms with E-state index in [2.05, 4.69) is 15.9 Å². The molecule has 12 heavy (non-hydrogen) atoms. The number of aromatic carboxylic acids is 1. The number of hydrogen-bond acceptors (Lipinski definition) is 1. The second-order valence-electron chi connectivity index (χ2n) is 2.37. The molecule has 0 aliphatic heterocycles. The van der Waals surface area contributed by atoms with Crippen LogP contribution in [0.15, 0.2) is 16.6 Å². The highest BCUT2D eigenvalue weighted by Gasteiger charge is 2.10. The number of carboxylic acid groups (broad SMARTS) is 1. The van der Waals surface area contributed by atoms with Crippen LogP contribution in [0.5, 0.6) is 0 Å². The molecule has 0 spiro atoms. The number of halogens is 2. The van der Waals surface area contributed by atoms with Gasteiger partial charge in [-0.2, -0.15) is 0 Å². The van der Waals surface area contributed by atoms with E-state index in [1.54, 1.807) is 13.0 Å². The Bertz CT molecular complexity index is 336. The molecule has 0 aliphatic carbocycles. The summed E-state index contributed by atoms with van der Waals surface area (Å²) in [5, 5.41) is 9.16. The van der Waals surface area contributed by atoms with Crippen molar-refractivity contribution in [1.82, 2.24) is 0 Å². The van der Waals surface area contributed by atoms with E-state index in [0.717, 1.165) is 0 Å². The predicted octanol–water partition coefficient (Wildman–Crippen LogP) is 3.11. The van der Waals surface area contributed by atoms with Crippen molar-refractivity contribution in [2.75, 3.05) is 0 Å². The molecule has 4 heteroatoms. The van der Waals surface area contributed by atoms with Crippen molar-refractivity contribution in [3.8, 4) is 0 Å². The molecule has 1 aromatic rings. The molecule has 64 valence electrons. The highest BCUT2D eigenvalue weighted by atomic mass is 79.9. The summed E-state index contributed by atoms with van der Waals surface area (Å²) in [5.74, 6) is -0.962. The van der Waals surface area contributed by atoms with Gasteiger partial charge in [0.25, 0.3) is 0 Å². The maximum Gasteiger partial charge on any atom is 0.336 e. The van der Waals surface area contributed by atoms with Crippen LogP contribution in [0.4, 0.5) is 0 Å². The van der Waals surface area contributed by atoms with E-state index in [9.17, 15) is 4.79 Å². The van der Waals surface area contributed by atoms with Crippen molar-refractivity contribution in [1.29, 1.82) is 0 Å². The normalized spacial score (nSPS) is 9.92. The molecule has 1 N–H and O–H groups in total. The lowest BCUT2D eigenvalue weighted by molar-refractivity contribution is 0.0696. The first-order valence-electron chi connectivity index (χ1n) is 3.21. The van der Waals surface area contributed by atoms with Crippen LogP contribution < -0.4 is 0 Å². The Balaban J connectivity index is 3.37. The molecular weight excluding hydrogens is 243 g/mol. The highest BCUT2D eigenvalue weighted by molar-refractivity contribution is 9.10. The molecule has 0 bridgehead atoms. The average molecular weight is 249 g/mol. The van der Waals surface area contributed by atoms with E-state index in [4.69, 9.17) is 16.7 Å². The molecule has 0 unspecified atom stereocenters. The van der Waals surface area contributed by atoms with Crippen molar-refractivity contribution >= 4 is 33.5 Å². The lowest BCUT2D eigenvalue weighted by atomic mass is 10.1. The molecule has 0 saturated heterocycles. The number of benzene rings is 1. The summed E-state index contributed by atoms with van der Waals surface area (Å²) >= 11 is 8.89. The zero-order valence-electron chi connectivity index (χ0n) is 6.27. The lowest BCUT2D eigenvalue weighted by Crippen LogP contribution is -1.99. The van der Waals surface area contributed by atoms with Gasteiger partial charge >= 0.3 is 5.97 Å². The zero-order chi connectivity index (χ0) is 9.30. The third-order valence-electron chi connectivity index (χ3n) is 1.54. The van der Waals surface area contributed by atoms with E-state index >= 15 is 0 Å². The first-order valence-corrected chi connectivity index (χ1v) is 4.38. The molecule has 0 aliphatic rings. The summed E-state index contributed by atoms with van der Waals surface area (Å²) in [6.07, 6.45) is 0. The average Bonchev–Trinajstić information content (AvgIpc) is 1.96. The number of carboxylic acids is 1. The van der Waals surface area contributed by atoms with Gasteiger partial charge < -0.3 is 5.11 Å². The summed E-state index contributed by atoms with van der Waals surface area (Å²) in [7, 11) is 0. The number of rotatable bonds is 1. The van der Waals surface area contributed by atoms with Crippen molar-refractivity contribution in [2.24, 2.45) is 0 Å². The zero-order valence-corrected chi connectivity index (χ0v) is 8.61. The van der Waals surface area contributed by atoms with Crippen molar-refractivity contribution < 1.29 is 9.90 Å². The summed E-state index contributed by atoms with van der Waals surface area (Å²) in [6, 6.07) is 3.10. The molecule has 0 atom stereocenters. The van der Waals surface area contributed by atoms with E-state index in [0.29, 0.717) is 15.1 Å². The molecule has 0 fully saturated rings. The van der Waals surface area contributed by atoms with Crippen molar-refractivity contribution in [2.45, 2.75) is 6.92 Å². The molecule has 1 aromatic carbocycles. The Hall–Kier alpha value is -0.540. The van der Waals surface area contributed by atoms with E-state index < -0.39 is 5.97 Å². The summed E-state index contributed by atoms with van der Waals surface area (Å²) in [6.45, 7) is 1.73. The van der Waals surface area contributed by atoms with Gasteiger partial charge in [-0.15, -0.1) is 0 Å². The number of carbonyl (C=O) groups is 1. The van der Waals surface area contributed by atoms with Crippen LogP contribution in [0, 0.1) is 6.92 Å². The second-order valence-corrected chi connectivity index (χ2v) is 3.66. The van der Waals surface area contributed by atoms with Crippen LogP contribution >= 0.6 is 27.5 Å². The number of hydrogen-bond donors (Lipinski definition) is 1. The fraction of sp³-hybridized carbons (Fsp3) is 0.125. The fourth-order valence-electron chi connectivity index (χ4n) is 0.868. The Labute approximate surface area is 83.3 Å². The van der Waals surface area contributed by atoms with Crippen LogP contribution in [0.1, 0.15) is 15.9 Å².